The molecule has 14 heavy (non-hydrogen) atoms. The van der Waals surface area contributed by atoms with Crippen LogP contribution in [0.5, 0.6) is 0 Å². The molecule has 3 nitrogen and oxygen atoms in total. The van der Waals surface area contributed by atoms with E-state index < -0.39 is 0 Å². The number of hydrogen-bond acceptors (Lipinski definition) is 3. The van der Waals surface area contributed by atoms with Gasteiger partial charge in [-0.25, -0.2) is 0 Å². The van der Waals surface area contributed by atoms with Gasteiger partial charge in [-0.3, -0.25) is 0 Å². The Morgan fingerprint density at radius 1 is 1.50 bits per heavy atom. The number of hydrogen-bond donors (Lipinski definition) is 2. The van der Waals surface area contributed by atoms with Crippen LogP contribution >= 0.6 is 0 Å². The highest BCUT2D eigenvalue weighted by Crippen LogP contribution is 2.23. The molecular formula is C11H16N2O. The second-order valence-corrected chi connectivity index (χ2v) is 3.54. The number of β-amino-alcohol motifs (C(OH)–C–C–N with tert-alkyl or cyclic N) is 1. The van der Waals surface area contributed by atoms with Crippen LogP contribution in [0.25, 0.3) is 0 Å². The lowest BCUT2D eigenvalue weighted by atomic mass is 10.1. The molecule has 0 aromatic carbocycles. The highest BCUT2D eigenvalue weighted by molar-refractivity contribution is 5.42. The van der Waals surface area contributed by atoms with E-state index in [1.165, 1.54) is 11.3 Å². The summed E-state index contributed by atoms with van der Waals surface area (Å²) >= 11 is 0. The van der Waals surface area contributed by atoms with Gasteiger partial charge in [0.2, 0.25) is 0 Å². The summed E-state index contributed by atoms with van der Waals surface area (Å²) in [4.78, 5) is 2.23. The summed E-state index contributed by atoms with van der Waals surface area (Å²) < 4.78 is 0. The fraction of sp³-hybridized carbons (Fsp3) is 0.455. The van der Waals surface area contributed by atoms with E-state index in [1.54, 1.807) is 0 Å². The molecule has 2 heterocycles. The predicted molar refractivity (Wildman–Crippen MR) is 56.3 cm³/mol. The number of dihydropyridines is 1. The molecule has 0 spiro atoms. The Morgan fingerprint density at radius 2 is 2.43 bits per heavy atom. The molecular weight excluding hydrogens is 176 g/mol. The minimum absolute atomic E-state index is 0.217. The van der Waals surface area contributed by atoms with Crippen LogP contribution in [-0.4, -0.2) is 29.7 Å². The Labute approximate surface area is 84.4 Å². The molecule has 2 aliphatic rings. The van der Waals surface area contributed by atoms with Crippen molar-refractivity contribution in [2.45, 2.75) is 12.8 Å². The molecule has 0 amide bonds. The molecule has 0 radical (unpaired) electrons. The summed E-state index contributed by atoms with van der Waals surface area (Å²) in [5.74, 6) is 0. The van der Waals surface area contributed by atoms with Crippen LogP contribution in [0.2, 0.25) is 0 Å². The second kappa shape index (κ2) is 4.33. The van der Waals surface area contributed by atoms with Gasteiger partial charge >= 0.3 is 0 Å². The zero-order chi connectivity index (χ0) is 9.80. The van der Waals surface area contributed by atoms with Gasteiger partial charge in [0.1, 0.15) is 0 Å². The number of allylic oxidation sites excluding steroid dienone is 2. The summed E-state index contributed by atoms with van der Waals surface area (Å²) in [5, 5.41) is 12.1. The van der Waals surface area contributed by atoms with Crippen molar-refractivity contribution >= 4 is 0 Å². The first-order valence-corrected chi connectivity index (χ1v) is 5.11. The Bertz CT molecular complexity index is 292. The Morgan fingerprint density at radius 3 is 3.29 bits per heavy atom. The molecule has 0 saturated heterocycles. The first-order chi connectivity index (χ1) is 6.92. The molecule has 0 aromatic rings. The number of rotatable bonds is 2. The molecule has 3 heteroatoms. The normalized spacial score (nSPS) is 20.5. The van der Waals surface area contributed by atoms with Crippen LogP contribution in [0, 0.1) is 0 Å². The quantitative estimate of drug-likeness (QED) is 0.684. The molecule has 2 aliphatic heterocycles. The van der Waals surface area contributed by atoms with Gasteiger partial charge in [-0.15, -0.1) is 0 Å². The van der Waals surface area contributed by atoms with Gasteiger partial charge in [0, 0.05) is 25.5 Å². The van der Waals surface area contributed by atoms with Crippen molar-refractivity contribution in [2.24, 2.45) is 0 Å². The topological polar surface area (TPSA) is 35.5 Å². The van der Waals surface area contributed by atoms with E-state index in [1.807, 2.05) is 12.4 Å². The molecule has 0 aromatic heterocycles. The van der Waals surface area contributed by atoms with Crippen molar-refractivity contribution in [2.75, 3.05) is 19.7 Å². The van der Waals surface area contributed by atoms with Crippen LogP contribution in [0.1, 0.15) is 12.8 Å². The van der Waals surface area contributed by atoms with E-state index in [4.69, 9.17) is 5.11 Å². The summed E-state index contributed by atoms with van der Waals surface area (Å²) in [6.45, 7) is 1.97. The van der Waals surface area contributed by atoms with Gasteiger partial charge in [-0.05, 0) is 24.5 Å². The Kier molecular flexibility index (Phi) is 2.89. The molecule has 2 N–H and O–H groups in total. The molecule has 2 rings (SSSR count). The third kappa shape index (κ3) is 1.82. The van der Waals surface area contributed by atoms with Gasteiger partial charge < -0.3 is 15.3 Å². The number of nitrogens with zero attached hydrogens (tertiary/aromatic N) is 1. The number of nitrogens with one attached hydrogen (secondary N) is 1. The van der Waals surface area contributed by atoms with Crippen molar-refractivity contribution in [3.63, 3.8) is 0 Å². The van der Waals surface area contributed by atoms with E-state index in [2.05, 4.69) is 22.4 Å². The summed E-state index contributed by atoms with van der Waals surface area (Å²) in [5.41, 5.74) is 2.48. The van der Waals surface area contributed by atoms with Gasteiger partial charge in [0.25, 0.3) is 0 Å². The maximum absolute atomic E-state index is 8.97. The number of fused-ring (bicyclic) bond motifs is 1. The van der Waals surface area contributed by atoms with Crippen molar-refractivity contribution in [1.82, 2.24) is 10.2 Å². The molecule has 0 atom stereocenters. The lowest BCUT2D eigenvalue weighted by Gasteiger charge is -2.27. The fourth-order valence-corrected chi connectivity index (χ4v) is 1.89. The average molecular weight is 192 g/mol. The van der Waals surface area contributed by atoms with Crippen molar-refractivity contribution in [3.05, 3.63) is 35.8 Å². The van der Waals surface area contributed by atoms with E-state index in [-0.39, 0.29) is 6.61 Å². The number of aliphatic hydroxyl groups excluding tert-OH is 1. The highest BCUT2D eigenvalue weighted by atomic mass is 16.3. The molecule has 0 bridgehead atoms. The van der Waals surface area contributed by atoms with Crippen LogP contribution in [0.4, 0.5) is 0 Å². The van der Waals surface area contributed by atoms with Crippen LogP contribution in [0.15, 0.2) is 35.8 Å². The summed E-state index contributed by atoms with van der Waals surface area (Å²) in [6, 6.07) is 0. The third-order valence-corrected chi connectivity index (χ3v) is 2.58. The van der Waals surface area contributed by atoms with Crippen LogP contribution in [-0.2, 0) is 0 Å². The Hall–Kier alpha value is -1.22. The lowest BCUT2D eigenvalue weighted by Crippen LogP contribution is -2.29. The van der Waals surface area contributed by atoms with E-state index >= 15 is 0 Å². The minimum Gasteiger partial charge on any atom is -0.395 e. The van der Waals surface area contributed by atoms with Crippen LogP contribution in [0.3, 0.4) is 0 Å². The maximum Gasteiger partial charge on any atom is 0.0606 e. The third-order valence-electron chi connectivity index (χ3n) is 2.58. The van der Waals surface area contributed by atoms with Gasteiger partial charge in [0.05, 0.1) is 12.3 Å². The smallest absolute Gasteiger partial charge is 0.0606 e. The van der Waals surface area contributed by atoms with Gasteiger partial charge in [0.15, 0.2) is 0 Å². The highest BCUT2D eigenvalue weighted by Gasteiger charge is 2.15. The van der Waals surface area contributed by atoms with Crippen molar-refractivity contribution < 1.29 is 5.11 Å². The first kappa shape index (κ1) is 9.34. The summed E-state index contributed by atoms with van der Waals surface area (Å²) in [7, 11) is 0. The predicted octanol–water partition coefficient (Wildman–Crippen LogP) is 0.959. The SMILES string of the molecule is OCCN1CCCC=C2C=CNC=C21. The number of aliphatic hydroxyl groups is 1. The Balaban J connectivity index is 2.20. The minimum atomic E-state index is 0.217. The first-order valence-electron chi connectivity index (χ1n) is 5.11. The second-order valence-electron chi connectivity index (χ2n) is 3.54. The van der Waals surface area contributed by atoms with Gasteiger partial charge in [-0.2, -0.15) is 0 Å². The molecule has 0 aliphatic carbocycles. The monoisotopic (exact) mass is 192 g/mol. The van der Waals surface area contributed by atoms with Gasteiger partial charge in [-0.1, -0.05) is 6.08 Å². The molecule has 76 valence electrons. The van der Waals surface area contributed by atoms with E-state index in [0.717, 1.165) is 25.9 Å². The maximum atomic E-state index is 8.97. The van der Waals surface area contributed by atoms with Crippen LogP contribution < -0.4 is 5.32 Å². The fourth-order valence-electron chi connectivity index (χ4n) is 1.89. The van der Waals surface area contributed by atoms with Crippen molar-refractivity contribution in [1.29, 1.82) is 0 Å². The zero-order valence-corrected chi connectivity index (χ0v) is 8.24. The van der Waals surface area contributed by atoms with E-state index in [0.29, 0.717) is 0 Å². The molecule has 0 unspecified atom stereocenters. The average Bonchev–Trinajstić information content (AvgIpc) is 2.42. The largest absolute Gasteiger partial charge is 0.395 e. The van der Waals surface area contributed by atoms with E-state index in [9.17, 15) is 0 Å². The lowest BCUT2D eigenvalue weighted by molar-refractivity contribution is 0.228. The molecule has 0 fully saturated rings. The standard InChI is InChI=1S/C11H16N2O/c14-8-7-13-6-2-1-3-10-4-5-12-9-11(10)13/h3-5,9,12,14H,1-2,6-8H2. The summed E-state index contributed by atoms with van der Waals surface area (Å²) in [6.07, 6.45) is 10.6. The zero-order valence-electron chi connectivity index (χ0n) is 8.24. The molecule has 0 saturated carbocycles. The van der Waals surface area contributed by atoms with Crippen molar-refractivity contribution in [3.8, 4) is 0 Å².